The van der Waals surface area contributed by atoms with E-state index in [0.717, 1.165) is 30.9 Å². The summed E-state index contributed by atoms with van der Waals surface area (Å²) in [6.07, 6.45) is 1.92. The van der Waals surface area contributed by atoms with E-state index in [1.165, 1.54) is 22.4 Å². The summed E-state index contributed by atoms with van der Waals surface area (Å²) < 4.78 is 0. The number of carbonyl (C=O) groups is 1. The number of thiazole rings is 1. The first-order valence-corrected chi connectivity index (χ1v) is 11.9. The molecule has 1 amide bonds. The smallest absolute Gasteiger partial charge is 0.237 e. The maximum atomic E-state index is 11.8. The molecule has 5 heteroatoms. The lowest BCUT2D eigenvalue weighted by atomic mass is 9.79. The van der Waals surface area contributed by atoms with Crippen LogP contribution in [-0.4, -0.2) is 34.8 Å². The molecule has 158 valence electrons. The highest BCUT2D eigenvalue weighted by atomic mass is 35.5. The first-order chi connectivity index (χ1) is 13.5. The first kappa shape index (κ1) is 22.3. The summed E-state index contributed by atoms with van der Waals surface area (Å²) in [7, 11) is 0. The average Bonchev–Trinajstić information content (AvgIpc) is 3.16. The average molecular weight is 433 g/mol. The number of rotatable bonds is 3. The van der Waals surface area contributed by atoms with Gasteiger partial charge in [-0.2, -0.15) is 0 Å². The number of alkyl halides is 1. The van der Waals surface area contributed by atoms with Crippen molar-refractivity contribution in [3.63, 3.8) is 0 Å². The predicted octanol–water partition coefficient (Wildman–Crippen LogP) is 6.35. The zero-order valence-corrected chi connectivity index (χ0v) is 20.1. The molecule has 2 aromatic rings. The third-order valence-electron chi connectivity index (χ3n) is 5.81. The molecular weight excluding hydrogens is 400 g/mol. The van der Waals surface area contributed by atoms with Crippen LogP contribution in [0.3, 0.4) is 0 Å². The Morgan fingerprint density at radius 3 is 2.10 bits per heavy atom. The number of likely N-dealkylation sites (tertiary alicyclic amines) is 1. The molecule has 1 aromatic heterocycles. The first-order valence-electron chi connectivity index (χ1n) is 10.4. The molecule has 0 atom stereocenters. The van der Waals surface area contributed by atoms with Gasteiger partial charge in [-0.05, 0) is 46.9 Å². The van der Waals surface area contributed by atoms with Crippen molar-refractivity contribution >= 4 is 28.8 Å². The fourth-order valence-electron chi connectivity index (χ4n) is 3.73. The second kappa shape index (κ2) is 8.39. The van der Waals surface area contributed by atoms with Crippen molar-refractivity contribution in [1.29, 1.82) is 0 Å². The number of halogens is 1. The summed E-state index contributed by atoms with van der Waals surface area (Å²) in [6.45, 7) is 15.1. The van der Waals surface area contributed by atoms with Gasteiger partial charge >= 0.3 is 0 Å². The van der Waals surface area contributed by atoms with E-state index < -0.39 is 0 Å². The van der Waals surface area contributed by atoms with E-state index in [1.807, 2.05) is 4.90 Å². The number of aromatic nitrogens is 1. The van der Waals surface area contributed by atoms with Crippen LogP contribution in [-0.2, 0) is 15.6 Å². The van der Waals surface area contributed by atoms with Gasteiger partial charge in [0, 0.05) is 30.0 Å². The summed E-state index contributed by atoms with van der Waals surface area (Å²) >= 11 is 7.43. The number of carbonyl (C=O) groups excluding carboxylic acids is 1. The molecular formula is C24H33ClN2OS. The molecule has 0 saturated carbocycles. The van der Waals surface area contributed by atoms with Crippen LogP contribution in [0.25, 0.3) is 10.6 Å². The van der Waals surface area contributed by atoms with Crippen molar-refractivity contribution in [2.24, 2.45) is 0 Å². The third-order valence-corrected chi connectivity index (χ3v) is 6.95. The number of benzene rings is 1. The van der Waals surface area contributed by atoms with Crippen molar-refractivity contribution < 1.29 is 4.79 Å². The van der Waals surface area contributed by atoms with Gasteiger partial charge in [-0.3, -0.25) is 4.79 Å². The third kappa shape index (κ3) is 5.21. The van der Waals surface area contributed by atoms with Crippen molar-refractivity contribution in [2.45, 2.75) is 71.1 Å². The lowest BCUT2D eigenvalue weighted by molar-refractivity contribution is -0.129. The van der Waals surface area contributed by atoms with Crippen molar-refractivity contribution in [3.8, 4) is 10.6 Å². The summed E-state index contributed by atoms with van der Waals surface area (Å²) in [4.78, 5) is 18.7. The zero-order valence-electron chi connectivity index (χ0n) is 18.5. The largest absolute Gasteiger partial charge is 0.342 e. The highest BCUT2D eigenvalue weighted by Crippen LogP contribution is 2.37. The second-order valence-electron chi connectivity index (χ2n) is 10.2. The molecule has 3 rings (SSSR count). The topological polar surface area (TPSA) is 33.2 Å². The van der Waals surface area contributed by atoms with E-state index >= 15 is 0 Å². The number of piperidine rings is 1. The lowest BCUT2D eigenvalue weighted by Gasteiger charge is -2.30. The highest BCUT2D eigenvalue weighted by Gasteiger charge is 2.26. The monoisotopic (exact) mass is 432 g/mol. The molecule has 0 unspecified atom stereocenters. The van der Waals surface area contributed by atoms with Gasteiger partial charge < -0.3 is 4.90 Å². The molecule has 2 heterocycles. The number of hydrogen-bond acceptors (Lipinski definition) is 3. The Labute approximate surface area is 184 Å². The molecule has 1 aliphatic rings. The van der Waals surface area contributed by atoms with Gasteiger partial charge in [0.15, 0.2) is 0 Å². The number of hydrogen-bond donors (Lipinski definition) is 0. The highest BCUT2D eigenvalue weighted by molar-refractivity contribution is 7.13. The molecule has 0 spiro atoms. The summed E-state index contributed by atoms with van der Waals surface area (Å²) in [5.41, 5.74) is 5.28. The SMILES string of the molecule is CC(C)(C)c1cc(-c2nc(C3CCN(C(=O)CCl)CC3)cs2)cc(C(C)(C)C)c1. The van der Waals surface area contributed by atoms with E-state index in [-0.39, 0.29) is 22.6 Å². The number of amides is 1. The van der Waals surface area contributed by atoms with E-state index in [4.69, 9.17) is 16.6 Å². The van der Waals surface area contributed by atoms with Crippen LogP contribution in [0.5, 0.6) is 0 Å². The Hall–Kier alpha value is -1.39. The summed E-state index contributed by atoms with van der Waals surface area (Å²) in [5, 5.41) is 3.30. The Kier molecular flexibility index (Phi) is 6.45. The number of nitrogens with zero attached hydrogens (tertiary/aromatic N) is 2. The standard InChI is InChI=1S/C24H33ClN2OS/c1-23(2,3)18-11-17(12-19(13-18)24(4,5)6)22-26-20(15-29-22)16-7-9-27(10-8-16)21(28)14-25/h11-13,15-16H,7-10,14H2,1-6H3. The molecule has 1 fully saturated rings. The predicted molar refractivity (Wildman–Crippen MR) is 124 cm³/mol. The van der Waals surface area contributed by atoms with E-state index in [0.29, 0.717) is 5.92 Å². The molecule has 0 aliphatic carbocycles. The van der Waals surface area contributed by atoms with Gasteiger partial charge in [-0.1, -0.05) is 47.6 Å². The zero-order chi connectivity index (χ0) is 21.4. The van der Waals surface area contributed by atoms with Crippen LogP contribution >= 0.6 is 22.9 Å². The van der Waals surface area contributed by atoms with Crippen LogP contribution in [0, 0.1) is 0 Å². The second-order valence-corrected chi connectivity index (χ2v) is 11.3. The van der Waals surface area contributed by atoms with Crippen LogP contribution in [0.4, 0.5) is 0 Å². The Balaban J connectivity index is 1.86. The van der Waals surface area contributed by atoms with Crippen LogP contribution < -0.4 is 0 Å². The lowest BCUT2D eigenvalue weighted by Crippen LogP contribution is -2.38. The molecule has 0 radical (unpaired) electrons. The van der Waals surface area contributed by atoms with Gasteiger partial charge in [-0.15, -0.1) is 22.9 Å². The normalized spacial score (nSPS) is 16.3. The molecule has 1 aromatic carbocycles. The Morgan fingerprint density at radius 2 is 1.62 bits per heavy atom. The molecule has 29 heavy (non-hydrogen) atoms. The van der Waals surface area contributed by atoms with Crippen molar-refractivity contribution in [3.05, 3.63) is 40.4 Å². The molecule has 1 saturated heterocycles. The minimum Gasteiger partial charge on any atom is -0.342 e. The molecule has 0 N–H and O–H groups in total. The van der Waals surface area contributed by atoms with Gasteiger partial charge in [0.1, 0.15) is 10.9 Å². The fourth-order valence-corrected chi connectivity index (χ4v) is 4.79. The Morgan fingerprint density at radius 1 is 1.07 bits per heavy atom. The minimum absolute atomic E-state index is 0.0396. The maximum absolute atomic E-state index is 11.8. The van der Waals surface area contributed by atoms with Gasteiger partial charge in [0.05, 0.1) is 5.69 Å². The quantitative estimate of drug-likeness (QED) is 0.529. The van der Waals surface area contributed by atoms with Crippen molar-refractivity contribution in [2.75, 3.05) is 19.0 Å². The van der Waals surface area contributed by atoms with Gasteiger partial charge in [0.25, 0.3) is 0 Å². The van der Waals surface area contributed by atoms with E-state index in [2.05, 4.69) is 65.1 Å². The van der Waals surface area contributed by atoms with Crippen LogP contribution in [0.1, 0.15) is 77.1 Å². The maximum Gasteiger partial charge on any atom is 0.237 e. The minimum atomic E-state index is 0.0396. The summed E-state index contributed by atoms with van der Waals surface area (Å²) in [5.74, 6) is 0.538. The fraction of sp³-hybridized carbons (Fsp3) is 0.583. The van der Waals surface area contributed by atoms with E-state index in [1.54, 1.807) is 11.3 Å². The van der Waals surface area contributed by atoms with Crippen LogP contribution in [0.2, 0.25) is 0 Å². The molecule has 3 nitrogen and oxygen atoms in total. The van der Waals surface area contributed by atoms with Crippen LogP contribution in [0.15, 0.2) is 23.6 Å². The van der Waals surface area contributed by atoms with Gasteiger partial charge in [-0.25, -0.2) is 4.98 Å². The van der Waals surface area contributed by atoms with Crippen molar-refractivity contribution in [1.82, 2.24) is 9.88 Å². The van der Waals surface area contributed by atoms with Gasteiger partial charge in [0.2, 0.25) is 5.91 Å². The molecule has 0 bridgehead atoms. The molecule has 1 aliphatic heterocycles. The Bertz CT molecular complexity index is 835. The van der Waals surface area contributed by atoms with E-state index in [9.17, 15) is 4.79 Å². The summed E-state index contributed by atoms with van der Waals surface area (Å²) in [6, 6.07) is 6.96.